The first-order valence-corrected chi connectivity index (χ1v) is 8.28. The molecule has 7 heteroatoms. The van der Waals surface area contributed by atoms with Crippen molar-refractivity contribution in [2.75, 3.05) is 18.5 Å². The maximum Gasteiger partial charge on any atom is 0.322 e. The molecule has 0 aliphatic carbocycles. The topological polar surface area (TPSA) is 67.4 Å². The molecule has 0 saturated carbocycles. The van der Waals surface area contributed by atoms with Crippen LogP contribution in [0.3, 0.4) is 0 Å². The van der Waals surface area contributed by atoms with E-state index in [9.17, 15) is 4.79 Å². The van der Waals surface area contributed by atoms with Gasteiger partial charge >= 0.3 is 6.03 Å². The number of rotatable bonds is 5. The van der Waals surface area contributed by atoms with Gasteiger partial charge in [0.25, 0.3) is 0 Å². The minimum atomic E-state index is -0.244. The Hall–Kier alpha value is -2.18. The Kier molecular flexibility index (Phi) is 5.61. The van der Waals surface area contributed by atoms with E-state index in [4.69, 9.17) is 16.3 Å². The van der Waals surface area contributed by atoms with Gasteiger partial charge < -0.3 is 15.0 Å². The van der Waals surface area contributed by atoms with Crippen LogP contribution in [0.1, 0.15) is 18.5 Å². The van der Waals surface area contributed by atoms with Crippen LogP contribution in [0.25, 0.3) is 0 Å². The summed E-state index contributed by atoms with van der Waals surface area (Å²) in [7, 11) is 0. The summed E-state index contributed by atoms with van der Waals surface area (Å²) in [5.41, 5.74) is 1.31. The third kappa shape index (κ3) is 4.43. The molecule has 3 rings (SSSR count). The number of halogens is 1. The van der Waals surface area contributed by atoms with Gasteiger partial charge in [-0.25, -0.2) is 9.78 Å². The van der Waals surface area contributed by atoms with Crippen molar-refractivity contribution in [1.82, 2.24) is 14.9 Å². The second-order valence-electron chi connectivity index (χ2n) is 5.61. The highest BCUT2D eigenvalue weighted by atomic mass is 35.5. The lowest BCUT2D eigenvalue weighted by molar-refractivity contribution is 0.0816. The molecule has 2 amide bonds. The highest BCUT2D eigenvalue weighted by Gasteiger charge is 2.23. The van der Waals surface area contributed by atoms with Crippen LogP contribution in [0, 0.1) is 0 Å². The van der Waals surface area contributed by atoms with Crippen LogP contribution in [0.15, 0.2) is 42.7 Å². The van der Waals surface area contributed by atoms with Gasteiger partial charge in [-0.15, -0.1) is 0 Å². The maximum absolute atomic E-state index is 12.7. The molecule has 0 bridgehead atoms. The van der Waals surface area contributed by atoms with Crippen molar-refractivity contribution in [3.63, 3.8) is 0 Å². The number of ether oxygens (including phenoxy) is 1. The fraction of sp³-hybridized carbons (Fsp3) is 0.353. The smallest absolute Gasteiger partial charge is 0.322 e. The van der Waals surface area contributed by atoms with Crippen molar-refractivity contribution in [3.05, 3.63) is 53.6 Å². The number of nitrogens with zero attached hydrogens (tertiary/aromatic N) is 3. The molecular formula is C17H19ClN4O2. The minimum Gasteiger partial charge on any atom is -0.376 e. The van der Waals surface area contributed by atoms with E-state index >= 15 is 0 Å². The standard InChI is InChI=1S/C17H19ClN4O2/c18-16-15(7-3-9-20-16)21-17(23)22(12-14-6-4-10-24-14)11-13-5-1-2-8-19-13/h1-3,5,7-9,14H,4,6,10-12H2,(H,21,23)/t14-/m0/s1. The first-order valence-electron chi connectivity index (χ1n) is 7.90. The van der Waals surface area contributed by atoms with Gasteiger partial charge in [-0.1, -0.05) is 17.7 Å². The second-order valence-corrected chi connectivity index (χ2v) is 5.97. The summed E-state index contributed by atoms with van der Waals surface area (Å²) in [5.74, 6) is 0. The molecule has 0 spiro atoms. The highest BCUT2D eigenvalue weighted by molar-refractivity contribution is 6.32. The Balaban J connectivity index is 1.72. The largest absolute Gasteiger partial charge is 0.376 e. The van der Waals surface area contributed by atoms with Gasteiger partial charge in [0.05, 0.1) is 24.0 Å². The van der Waals surface area contributed by atoms with Crippen molar-refractivity contribution < 1.29 is 9.53 Å². The van der Waals surface area contributed by atoms with Crippen molar-refractivity contribution in [1.29, 1.82) is 0 Å². The monoisotopic (exact) mass is 346 g/mol. The second kappa shape index (κ2) is 8.08. The Bertz CT molecular complexity index is 677. The van der Waals surface area contributed by atoms with Crippen LogP contribution < -0.4 is 5.32 Å². The number of amides is 2. The van der Waals surface area contributed by atoms with Crippen LogP contribution in [0.5, 0.6) is 0 Å². The van der Waals surface area contributed by atoms with E-state index in [-0.39, 0.29) is 17.3 Å². The fourth-order valence-corrected chi connectivity index (χ4v) is 2.78. The number of nitrogens with one attached hydrogen (secondary N) is 1. The van der Waals surface area contributed by atoms with Gasteiger partial charge in [0, 0.05) is 25.5 Å². The molecule has 0 unspecified atom stereocenters. The van der Waals surface area contributed by atoms with E-state index in [2.05, 4.69) is 15.3 Å². The van der Waals surface area contributed by atoms with E-state index in [0.717, 1.165) is 25.1 Å². The normalized spacial score (nSPS) is 16.8. The molecule has 1 saturated heterocycles. The molecule has 0 radical (unpaired) electrons. The Morgan fingerprint density at radius 1 is 1.29 bits per heavy atom. The summed E-state index contributed by atoms with van der Waals surface area (Å²) in [6, 6.07) is 8.85. The summed E-state index contributed by atoms with van der Waals surface area (Å²) >= 11 is 6.02. The predicted molar refractivity (Wildman–Crippen MR) is 91.9 cm³/mol. The van der Waals surface area contributed by atoms with Crippen LogP contribution in [0.4, 0.5) is 10.5 Å². The fourth-order valence-electron chi connectivity index (χ4n) is 2.61. The molecule has 3 heterocycles. The van der Waals surface area contributed by atoms with Crippen molar-refractivity contribution in [2.45, 2.75) is 25.5 Å². The molecule has 24 heavy (non-hydrogen) atoms. The van der Waals surface area contributed by atoms with E-state index < -0.39 is 0 Å². The van der Waals surface area contributed by atoms with Crippen LogP contribution in [-0.2, 0) is 11.3 Å². The average molecular weight is 347 g/mol. The Morgan fingerprint density at radius 2 is 2.17 bits per heavy atom. The number of hydrogen-bond donors (Lipinski definition) is 1. The molecule has 0 aromatic carbocycles. The zero-order chi connectivity index (χ0) is 16.8. The van der Waals surface area contributed by atoms with Gasteiger partial charge in [0.1, 0.15) is 0 Å². The van der Waals surface area contributed by atoms with E-state index in [1.165, 1.54) is 0 Å². The van der Waals surface area contributed by atoms with Crippen molar-refractivity contribution in [2.24, 2.45) is 0 Å². The first-order chi connectivity index (χ1) is 11.7. The number of hydrogen-bond acceptors (Lipinski definition) is 4. The maximum atomic E-state index is 12.7. The first kappa shape index (κ1) is 16.7. The van der Waals surface area contributed by atoms with Crippen LogP contribution in [0.2, 0.25) is 5.15 Å². The average Bonchev–Trinajstić information content (AvgIpc) is 3.10. The Morgan fingerprint density at radius 3 is 2.88 bits per heavy atom. The summed E-state index contributed by atoms with van der Waals surface area (Å²) < 4.78 is 5.66. The quantitative estimate of drug-likeness (QED) is 0.843. The number of anilines is 1. The zero-order valence-corrected chi connectivity index (χ0v) is 13.9. The van der Waals surface area contributed by atoms with Gasteiger partial charge in [0.15, 0.2) is 5.15 Å². The predicted octanol–water partition coefficient (Wildman–Crippen LogP) is 3.34. The summed E-state index contributed by atoms with van der Waals surface area (Å²) in [6.07, 6.45) is 5.34. The summed E-state index contributed by atoms with van der Waals surface area (Å²) in [4.78, 5) is 22.7. The molecule has 1 fully saturated rings. The number of urea groups is 1. The van der Waals surface area contributed by atoms with Crippen molar-refractivity contribution in [3.8, 4) is 0 Å². The number of aromatic nitrogens is 2. The molecule has 1 aliphatic rings. The van der Waals surface area contributed by atoms with Crippen molar-refractivity contribution >= 4 is 23.3 Å². The van der Waals surface area contributed by atoms with E-state index in [1.807, 2.05) is 18.2 Å². The highest BCUT2D eigenvalue weighted by Crippen LogP contribution is 2.20. The van der Waals surface area contributed by atoms with E-state index in [0.29, 0.717) is 18.8 Å². The molecule has 1 aliphatic heterocycles. The lowest BCUT2D eigenvalue weighted by Gasteiger charge is -2.25. The van der Waals surface area contributed by atoms with Gasteiger partial charge in [-0.05, 0) is 37.1 Å². The summed E-state index contributed by atoms with van der Waals surface area (Å²) in [5, 5.41) is 3.08. The van der Waals surface area contributed by atoms with Crippen LogP contribution in [-0.4, -0.2) is 40.2 Å². The molecular weight excluding hydrogens is 328 g/mol. The molecule has 6 nitrogen and oxygen atoms in total. The summed E-state index contributed by atoms with van der Waals surface area (Å²) in [6.45, 7) is 1.67. The SMILES string of the molecule is O=C(Nc1cccnc1Cl)N(Cc1ccccn1)C[C@@H]1CCCO1. The lowest BCUT2D eigenvalue weighted by atomic mass is 10.2. The molecule has 2 aromatic heterocycles. The van der Waals surface area contributed by atoms with Gasteiger partial charge in [0.2, 0.25) is 0 Å². The number of carbonyl (C=O) groups is 1. The van der Waals surface area contributed by atoms with Gasteiger partial charge in [-0.3, -0.25) is 4.98 Å². The molecule has 1 N–H and O–H groups in total. The zero-order valence-electron chi connectivity index (χ0n) is 13.2. The lowest BCUT2D eigenvalue weighted by Crippen LogP contribution is -2.40. The number of pyridine rings is 2. The van der Waals surface area contributed by atoms with E-state index in [1.54, 1.807) is 29.4 Å². The van der Waals surface area contributed by atoms with Gasteiger partial charge in [-0.2, -0.15) is 0 Å². The molecule has 126 valence electrons. The Labute approximate surface area is 145 Å². The minimum absolute atomic E-state index is 0.0591. The molecule has 1 atom stereocenters. The third-order valence-corrected chi connectivity index (χ3v) is 4.12. The van der Waals surface area contributed by atoms with Crippen LogP contribution >= 0.6 is 11.6 Å². The molecule has 2 aromatic rings. The third-order valence-electron chi connectivity index (χ3n) is 3.81. The number of carbonyl (C=O) groups excluding carboxylic acids is 1.